The quantitative estimate of drug-likeness (QED) is 0.695. The van der Waals surface area contributed by atoms with E-state index in [1.165, 1.54) is 16.8 Å². The first-order valence-electron chi connectivity index (χ1n) is 9.31. The lowest BCUT2D eigenvalue weighted by Gasteiger charge is -2.26. The average Bonchev–Trinajstić information content (AvgIpc) is 3.09. The molecule has 140 valence electrons. The molecule has 1 aromatic carbocycles. The number of rotatable bonds is 6. The number of nitrogens with one attached hydrogen (secondary N) is 1. The molecule has 0 radical (unpaired) electrons. The van der Waals surface area contributed by atoms with Crippen molar-refractivity contribution in [2.24, 2.45) is 0 Å². The number of nitrogens with zero attached hydrogens (tertiary/aromatic N) is 3. The van der Waals surface area contributed by atoms with Crippen LogP contribution in [-0.4, -0.2) is 26.6 Å². The normalized spacial score (nSPS) is 14.1. The van der Waals surface area contributed by atoms with Crippen LogP contribution in [-0.2, 0) is 32.5 Å². The van der Waals surface area contributed by atoms with Crippen LogP contribution < -0.4 is 4.74 Å². The second-order valence-electron chi connectivity index (χ2n) is 6.85. The molecule has 3 aromatic rings. The minimum absolute atomic E-state index is 0.434. The number of ether oxygens (including phenoxy) is 1. The van der Waals surface area contributed by atoms with E-state index in [4.69, 9.17) is 16.3 Å². The van der Waals surface area contributed by atoms with Crippen LogP contribution in [0.25, 0.3) is 0 Å². The van der Waals surface area contributed by atoms with Gasteiger partial charge in [-0.05, 0) is 36.2 Å². The van der Waals surface area contributed by atoms with Gasteiger partial charge in [0.1, 0.15) is 18.1 Å². The van der Waals surface area contributed by atoms with Gasteiger partial charge in [-0.25, -0.2) is 0 Å². The van der Waals surface area contributed by atoms with Crippen LogP contribution in [0.1, 0.15) is 35.1 Å². The van der Waals surface area contributed by atoms with E-state index in [9.17, 15) is 0 Å². The highest BCUT2D eigenvalue weighted by Crippen LogP contribution is 2.24. The fraction of sp³-hybridized carbons (Fsp3) is 0.333. The Hall–Kier alpha value is -2.37. The van der Waals surface area contributed by atoms with E-state index in [2.05, 4.69) is 39.1 Å². The molecule has 0 bridgehead atoms. The van der Waals surface area contributed by atoms with Crippen molar-refractivity contribution in [2.75, 3.05) is 6.54 Å². The summed E-state index contributed by atoms with van der Waals surface area (Å²) in [6, 6.07) is 11.7. The van der Waals surface area contributed by atoms with Gasteiger partial charge in [0.15, 0.2) is 0 Å². The van der Waals surface area contributed by atoms with E-state index < -0.39 is 0 Å². The van der Waals surface area contributed by atoms with Gasteiger partial charge in [-0.3, -0.25) is 15.0 Å². The molecule has 1 aliphatic rings. The third-order valence-corrected chi connectivity index (χ3v) is 5.18. The number of fused-ring (bicyclic) bond motifs is 1. The molecule has 0 aliphatic carbocycles. The lowest BCUT2D eigenvalue weighted by Crippen LogP contribution is -2.30. The molecule has 27 heavy (non-hydrogen) atoms. The monoisotopic (exact) mass is 382 g/mol. The molecule has 4 rings (SSSR count). The molecule has 0 atom stereocenters. The molecule has 0 saturated heterocycles. The SMILES string of the molecule is CCc1ccc(CN2CCc3[nH]nc(COc4cccc(Cl)c4)c3C2)nc1. The van der Waals surface area contributed by atoms with E-state index in [1.807, 2.05) is 30.5 Å². The highest BCUT2D eigenvalue weighted by Gasteiger charge is 2.22. The van der Waals surface area contributed by atoms with Gasteiger partial charge in [-0.15, -0.1) is 0 Å². The summed E-state index contributed by atoms with van der Waals surface area (Å²) in [7, 11) is 0. The molecule has 0 unspecified atom stereocenters. The van der Waals surface area contributed by atoms with Gasteiger partial charge < -0.3 is 4.74 Å². The molecule has 6 heteroatoms. The summed E-state index contributed by atoms with van der Waals surface area (Å²) in [6.45, 7) is 5.29. The lowest BCUT2D eigenvalue weighted by molar-refractivity contribution is 0.237. The Morgan fingerprint density at radius 1 is 1.26 bits per heavy atom. The number of aryl methyl sites for hydroxylation is 1. The van der Waals surface area contributed by atoms with E-state index >= 15 is 0 Å². The Morgan fingerprint density at radius 2 is 2.19 bits per heavy atom. The highest BCUT2D eigenvalue weighted by molar-refractivity contribution is 6.30. The van der Waals surface area contributed by atoms with Gasteiger partial charge in [0.2, 0.25) is 0 Å². The molecule has 3 heterocycles. The summed E-state index contributed by atoms with van der Waals surface area (Å²) < 4.78 is 5.88. The molecule has 2 aromatic heterocycles. The maximum Gasteiger partial charge on any atom is 0.132 e. The summed E-state index contributed by atoms with van der Waals surface area (Å²) in [5.74, 6) is 0.757. The van der Waals surface area contributed by atoms with Crippen LogP contribution in [0.5, 0.6) is 5.75 Å². The molecule has 1 aliphatic heterocycles. The van der Waals surface area contributed by atoms with Gasteiger partial charge in [0, 0.05) is 48.5 Å². The zero-order chi connectivity index (χ0) is 18.6. The van der Waals surface area contributed by atoms with Gasteiger partial charge in [-0.2, -0.15) is 5.10 Å². The summed E-state index contributed by atoms with van der Waals surface area (Å²) in [5.41, 5.74) is 5.80. The van der Waals surface area contributed by atoms with E-state index in [0.717, 1.165) is 49.6 Å². The maximum absolute atomic E-state index is 6.02. The van der Waals surface area contributed by atoms with Crippen molar-refractivity contribution in [1.29, 1.82) is 0 Å². The molecule has 5 nitrogen and oxygen atoms in total. The second-order valence-corrected chi connectivity index (χ2v) is 7.28. The Bertz CT molecular complexity index is 907. The van der Waals surface area contributed by atoms with Gasteiger partial charge >= 0.3 is 0 Å². The molecular weight excluding hydrogens is 360 g/mol. The Kier molecular flexibility index (Phi) is 5.41. The van der Waals surface area contributed by atoms with Crippen LogP contribution in [0, 0.1) is 0 Å². The second kappa shape index (κ2) is 8.11. The third-order valence-electron chi connectivity index (χ3n) is 4.95. The fourth-order valence-electron chi connectivity index (χ4n) is 3.36. The van der Waals surface area contributed by atoms with Crippen LogP contribution >= 0.6 is 11.6 Å². The van der Waals surface area contributed by atoms with Crippen LogP contribution in [0.3, 0.4) is 0 Å². The predicted octanol–water partition coefficient (Wildman–Crippen LogP) is 4.16. The number of hydrogen-bond acceptors (Lipinski definition) is 4. The zero-order valence-corrected chi connectivity index (χ0v) is 16.2. The predicted molar refractivity (Wildman–Crippen MR) is 106 cm³/mol. The van der Waals surface area contributed by atoms with Crippen molar-refractivity contribution in [3.05, 3.63) is 75.8 Å². The van der Waals surface area contributed by atoms with Crippen LogP contribution in [0.4, 0.5) is 0 Å². The first kappa shape index (κ1) is 18.0. The minimum atomic E-state index is 0.434. The summed E-state index contributed by atoms with van der Waals surface area (Å²) in [5, 5.41) is 8.32. The molecule has 0 saturated carbocycles. The first-order chi connectivity index (χ1) is 13.2. The number of pyridine rings is 1. The van der Waals surface area contributed by atoms with Crippen molar-refractivity contribution in [3.8, 4) is 5.75 Å². The highest BCUT2D eigenvalue weighted by atomic mass is 35.5. The topological polar surface area (TPSA) is 54.0 Å². The van der Waals surface area contributed by atoms with E-state index in [-0.39, 0.29) is 0 Å². The van der Waals surface area contributed by atoms with Crippen molar-refractivity contribution < 1.29 is 4.74 Å². The molecule has 0 spiro atoms. The number of halogens is 1. The fourth-order valence-corrected chi connectivity index (χ4v) is 3.54. The molecular formula is C21H23ClN4O. The smallest absolute Gasteiger partial charge is 0.132 e. The minimum Gasteiger partial charge on any atom is -0.487 e. The summed E-state index contributed by atoms with van der Waals surface area (Å²) in [4.78, 5) is 7.00. The Labute approximate surface area is 164 Å². The zero-order valence-electron chi connectivity index (χ0n) is 15.4. The Morgan fingerprint density at radius 3 is 2.96 bits per heavy atom. The van der Waals surface area contributed by atoms with Crippen LogP contribution in [0.2, 0.25) is 5.02 Å². The Balaban J connectivity index is 1.41. The average molecular weight is 383 g/mol. The molecule has 0 amide bonds. The number of benzene rings is 1. The summed E-state index contributed by atoms with van der Waals surface area (Å²) >= 11 is 6.02. The number of H-pyrrole nitrogens is 1. The van der Waals surface area contributed by atoms with Crippen molar-refractivity contribution in [2.45, 2.75) is 39.5 Å². The van der Waals surface area contributed by atoms with E-state index in [0.29, 0.717) is 11.6 Å². The van der Waals surface area contributed by atoms with Gasteiger partial charge in [0.05, 0.1) is 5.69 Å². The number of aromatic nitrogens is 3. The van der Waals surface area contributed by atoms with Crippen molar-refractivity contribution >= 4 is 11.6 Å². The summed E-state index contributed by atoms with van der Waals surface area (Å²) in [6.07, 6.45) is 3.96. The number of aromatic amines is 1. The maximum atomic E-state index is 6.02. The molecule has 0 fully saturated rings. The largest absolute Gasteiger partial charge is 0.487 e. The van der Waals surface area contributed by atoms with Gasteiger partial charge in [-0.1, -0.05) is 30.7 Å². The van der Waals surface area contributed by atoms with Crippen molar-refractivity contribution in [3.63, 3.8) is 0 Å². The first-order valence-corrected chi connectivity index (χ1v) is 9.68. The van der Waals surface area contributed by atoms with Crippen molar-refractivity contribution in [1.82, 2.24) is 20.1 Å². The standard InChI is InChI=1S/C21H23ClN4O/c1-2-15-6-7-17(23-11-15)12-26-9-8-20-19(13-26)21(25-24-20)14-27-18-5-3-4-16(22)10-18/h3-7,10-11H,2,8-9,12-14H2,1H3,(H,24,25). The molecule has 1 N–H and O–H groups in total. The van der Waals surface area contributed by atoms with Gasteiger partial charge in [0.25, 0.3) is 0 Å². The lowest BCUT2D eigenvalue weighted by atomic mass is 10.1. The third kappa shape index (κ3) is 4.31. The number of hydrogen-bond donors (Lipinski definition) is 1. The van der Waals surface area contributed by atoms with Crippen LogP contribution in [0.15, 0.2) is 42.6 Å². The van der Waals surface area contributed by atoms with E-state index in [1.54, 1.807) is 0 Å².